The Morgan fingerprint density at radius 1 is 0.347 bits per heavy atom. The number of aliphatic hydroxyl groups excluding tert-OH is 4. The van der Waals surface area contributed by atoms with E-state index in [2.05, 4.69) is 108 Å². The minimum Gasteiger partial charge on any atom is -0.481 e. The van der Waals surface area contributed by atoms with E-state index >= 15 is 0 Å². The first kappa shape index (κ1) is 130. The molecule has 0 heterocycles. The minimum absolute atomic E-state index is 0.00887. The van der Waals surface area contributed by atoms with Crippen molar-refractivity contribution in [2.45, 2.75) is 346 Å². The molecule has 51 nitrogen and oxygen atoms in total. The lowest BCUT2D eigenvalue weighted by atomic mass is 9.95. The molecule has 0 unspecified atom stereocenters. The van der Waals surface area contributed by atoms with Crippen molar-refractivity contribution in [3.05, 3.63) is 35.9 Å². The molecule has 0 aliphatic carbocycles. The molecule has 0 saturated heterocycles. The number of thiol groups is 1. The molecule has 0 fully saturated rings. The molecule has 1 rings (SSSR count). The van der Waals surface area contributed by atoms with Gasteiger partial charge in [-0.2, -0.15) is 12.6 Å². The van der Waals surface area contributed by atoms with Gasteiger partial charge in [0.05, 0.1) is 37.4 Å². The predicted octanol–water partition coefficient (Wildman–Crippen LogP) is -7.41. The maximum Gasteiger partial charge on any atom is 0.326 e. The second-order valence-electron chi connectivity index (χ2n) is 37.1. The topological polar surface area (TPSA) is 856 Å². The molecular formula is C92H160N24O27S. The molecule has 36 N–H and O–H groups in total. The first-order valence-electron chi connectivity index (χ1n) is 48.6. The van der Waals surface area contributed by atoms with Gasteiger partial charge in [0.1, 0.15) is 103 Å². The van der Waals surface area contributed by atoms with Crippen molar-refractivity contribution in [2.24, 2.45) is 69.0 Å². The van der Waals surface area contributed by atoms with Crippen LogP contribution in [0.2, 0.25) is 0 Å². The van der Waals surface area contributed by atoms with Crippen LogP contribution in [-0.4, -0.2) is 326 Å². The van der Waals surface area contributed by atoms with Gasteiger partial charge in [0.2, 0.25) is 100 Å². The Balaban J connectivity index is 3.64. The number of nitrogens with zero attached hydrogens (tertiary/aromatic N) is 1. The number of unbranched alkanes of at least 4 members (excludes halogenated alkanes) is 3. The molecule has 0 aromatic heterocycles. The molecule has 17 amide bonds. The van der Waals surface area contributed by atoms with Gasteiger partial charge in [0.15, 0.2) is 5.96 Å². The van der Waals surface area contributed by atoms with E-state index in [1.807, 2.05) is 0 Å². The van der Waals surface area contributed by atoms with Crippen molar-refractivity contribution < 1.29 is 132 Å². The predicted molar refractivity (Wildman–Crippen MR) is 531 cm³/mol. The van der Waals surface area contributed by atoms with Gasteiger partial charge in [-0.1, -0.05) is 112 Å². The molecule has 0 aliphatic rings. The number of carbonyl (C=O) groups is 20. The Hall–Kier alpha value is -12.1. The second kappa shape index (κ2) is 68.3. The number of carboxylic acids is 3. The van der Waals surface area contributed by atoms with Crippen molar-refractivity contribution >= 4 is 137 Å². The highest BCUT2D eigenvalue weighted by Crippen LogP contribution is 2.19. The number of aliphatic imine (C=N–C) groups is 1. The summed E-state index contributed by atoms with van der Waals surface area (Å²) >= 11 is 4.27. The van der Waals surface area contributed by atoms with Crippen LogP contribution in [0.4, 0.5) is 0 Å². The summed E-state index contributed by atoms with van der Waals surface area (Å²) in [5.74, 6) is -25.4. The Kier molecular flexibility index (Phi) is 61.6. The van der Waals surface area contributed by atoms with Crippen LogP contribution in [-0.2, 0) is 102 Å². The number of nitrogens with one attached hydrogen (secondary N) is 17. The fraction of sp³-hybridized carbons (Fsp3) is 0.707. The van der Waals surface area contributed by atoms with Crippen molar-refractivity contribution in [1.29, 1.82) is 0 Å². The lowest BCUT2D eigenvalue weighted by Gasteiger charge is -2.31. The monoisotopic (exact) mass is 2070 g/mol. The summed E-state index contributed by atoms with van der Waals surface area (Å²) in [6, 6.07) is -21.1. The average molecular weight is 2070 g/mol. The van der Waals surface area contributed by atoms with Crippen LogP contribution in [0.1, 0.15) is 218 Å². The van der Waals surface area contributed by atoms with E-state index in [0.29, 0.717) is 24.8 Å². The van der Waals surface area contributed by atoms with Gasteiger partial charge in [0, 0.05) is 25.1 Å². The summed E-state index contributed by atoms with van der Waals surface area (Å²) in [7, 11) is 0. The van der Waals surface area contributed by atoms with E-state index in [0.717, 1.165) is 27.7 Å². The first-order chi connectivity index (χ1) is 67.6. The number of hydrogen-bond acceptors (Lipinski definition) is 30. The molecule has 52 heteroatoms. The number of nitrogens with two attached hydrogens (primary N) is 6. The van der Waals surface area contributed by atoms with Gasteiger partial charge in [0.25, 0.3) is 0 Å². The van der Waals surface area contributed by atoms with E-state index < -0.39 is 295 Å². The molecule has 816 valence electrons. The lowest BCUT2D eigenvalue weighted by molar-refractivity contribution is -0.144. The van der Waals surface area contributed by atoms with Gasteiger partial charge in [-0.15, -0.1) is 0 Å². The Morgan fingerprint density at radius 3 is 1.03 bits per heavy atom. The maximum absolute atomic E-state index is 14.6. The lowest BCUT2D eigenvalue weighted by Crippen LogP contribution is -2.64. The smallest absolute Gasteiger partial charge is 0.326 e. The molecule has 1 aromatic carbocycles. The molecule has 23 atom stereocenters. The molecule has 0 bridgehead atoms. The average Bonchev–Trinajstić information content (AvgIpc) is 0.844. The molecule has 0 radical (unpaired) electrons. The number of amides is 17. The van der Waals surface area contributed by atoms with Crippen molar-refractivity contribution in [3.63, 3.8) is 0 Å². The standard InChI is InChI=1S/C92H160N24O27S/c1-15-48(9)69(112-83(134)62(40-46(5)6)106-75(126)55(96)42-67(123)124)86(137)104-58(31-22-25-37-95)77(128)107-61(39-45(3)4)81(132)102-57(30-21-24-36-94)78(129)109-64(43-117)84(135)108-63(41-54-27-18-17-19-28-54)82(133)110-65(44-144)85(136)115-71(51(12)118)88(139)100-50(11)74(125)101-56(29-20-23-35-93)76(127)103-60(33-34-66(121)122)80(131)114-72(52(13)119)90(141)116-73(53(14)120)89(140)113-70(49(10)16-2)87(138)105-59(32-26-38-99-92(97)98)79(130)111-68(47(7)8)91(142)143/h17-19,27-28,45-53,55-65,68-73,117-120,144H,15-16,20-26,29-44,93-96H2,1-14H3,(H,100,139)(H,101,125)(H,102,132)(H,103,127)(H,104,137)(H,105,138)(H,106,126)(H,107,128)(H,108,135)(H,109,129)(H,110,133)(H,111,130)(H,112,134)(H,113,140)(H,114,131)(H,115,136)(H,116,141)(H,121,122)(H,123,124)(H,142,143)(H4,97,98,99)/t48-,49-,50-,51+,52+,53+,55-,56-,57-,58-,59-,60-,61-,62-,63-,64-,65-,68-,69-,70-,71-,72-,73-/m0/s1. The van der Waals surface area contributed by atoms with Gasteiger partial charge in [-0.05, 0) is 172 Å². The van der Waals surface area contributed by atoms with Crippen LogP contribution in [0, 0.1) is 29.6 Å². The quantitative estimate of drug-likeness (QED) is 0.0125. The number of rotatable bonds is 72. The maximum atomic E-state index is 14.6. The second-order valence-corrected chi connectivity index (χ2v) is 37.5. The molecular weight excluding hydrogens is 1910 g/mol. The van der Waals surface area contributed by atoms with E-state index in [9.17, 15) is 132 Å². The zero-order chi connectivity index (χ0) is 110. The van der Waals surface area contributed by atoms with Crippen molar-refractivity contribution in [1.82, 2.24) is 90.4 Å². The largest absolute Gasteiger partial charge is 0.481 e. The number of guanidine groups is 1. The fourth-order valence-corrected chi connectivity index (χ4v) is 14.7. The number of carboxylic acid groups (broad SMARTS) is 3. The molecule has 144 heavy (non-hydrogen) atoms. The third-order valence-electron chi connectivity index (χ3n) is 23.3. The Labute approximate surface area is 844 Å². The number of benzene rings is 1. The van der Waals surface area contributed by atoms with E-state index in [-0.39, 0.29) is 127 Å². The van der Waals surface area contributed by atoms with Crippen LogP contribution in [0.15, 0.2) is 35.3 Å². The zero-order valence-electron chi connectivity index (χ0n) is 84.7. The number of aliphatic hydroxyl groups is 4. The van der Waals surface area contributed by atoms with Gasteiger partial charge in [-0.3, -0.25) is 96.1 Å². The number of carbonyl (C=O) groups excluding carboxylic acids is 17. The highest BCUT2D eigenvalue weighted by molar-refractivity contribution is 7.80. The minimum atomic E-state index is -2.06. The third kappa shape index (κ3) is 48.5. The van der Waals surface area contributed by atoms with E-state index in [4.69, 9.17) is 34.4 Å². The van der Waals surface area contributed by atoms with Gasteiger partial charge in [-0.25, -0.2) is 4.79 Å². The summed E-state index contributed by atoms with van der Waals surface area (Å²) < 4.78 is 0. The summed E-state index contributed by atoms with van der Waals surface area (Å²) in [5, 5.41) is 114. The van der Waals surface area contributed by atoms with Crippen LogP contribution in [0.25, 0.3) is 0 Å². The van der Waals surface area contributed by atoms with E-state index in [1.54, 1.807) is 85.7 Å². The number of aliphatic carboxylic acids is 3. The fourth-order valence-electron chi connectivity index (χ4n) is 14.5. The van der Waals surface area contributed by atoms with E-state index in [1.165, 1.54) is 13.8 Å². The molecule has 0 spiro atoms. The van der Waals surface area contributed by atoms with Crippen molar-refractivity contribution in [3.8, 4) is 0 Å². The summed E-state index contributed by atoms with van der Waals surface area (Å²) in [6.45, 7) is 20.3. The summed E-state index contributed by atoms with van der Waals surface area (Å²) in [4.78, 5) is 281. The highest BCUT2D eigenvalue weighted by atomic mass is 32.1. The van der Waals surface area contributed by atoms with Gasteiger partial charge < -0.3 is 161 Å². The van der Waals surface area contributed by atoms with Gasteiger partial charge >= 0.3 is 17.9 Å². The zero-order valence-corrected chi connectivity index (χ0v) is 85.6. The van der Waals surface area contributed by atoms with Crippen LogP contribution < -0.4 is 125 Å². The summed E-state index contributed by atoms with van der Waals surface area (Å²) in [6.07, 6.45) is -6.34. The Bertz CT molecular complexity index is 4360. The van der Waals surface area contributed by atoms with Crippen LogP contribution in [0.5, 0.6) is 0 Å². The SMILES string of the molecule is CC[C@H](C)[C@H](NC(=O)[C@H](CC(C)C)NC(=O)[C@@H](N)CC(=O)O)C(=O)N[C@@H](CCCCN)C(=O)N[C@@H](CC(C)C)C(=O)N[C@@H](CCCCN)C(=O)N[C@@H](CO)C(=O)N[C@@H](Cc1ccccc1)C(=O)N[C@@H](CS)C(=O)N[C@H](C(=O)N[C@@H](C)C(=O)N[C@@H](CCCCN)C(=O)N[C@@H](CCC(=O)O)C(=O)N[C@H](C(=O)N[C@H](C(=O)N[C@H](C(=O)N[C@@H](CCCN=C(N)N)C(=O)N[C@H](C(=O)O)C(C)C)[C@@H](C)CC)[C@@H](C)O)[C@@H](C)O)[C@@H](C)O. The third-order valence-corrected chi connectivity index (χ3v) is 23.7. The molecule has 0 saturated carbocycles. The highest BCUT2D eigenvalue weighted by Gasteiger charge is 2.43. The van der Waals surface area contributed by atoms with Crippen LogP contribution in [0.3, 0.4) is 0 Å². The Morgan fingerprint density at radius 2 is 0.653 bits per heavy atom. The van der Waals surface area contributed by atoms with Crippen LogP contribution >= 0.6 is 12.6 Å². The molecule has 0 aliphatic heterocycles. The molecule has 1 aromatic rings. The van der Waals surface area contributed by atoms with Crippen molar-refractivity contribution in [2.75, 3.05) is 38.5 Å². The number of hydrogen-bond donors (Lipinski definition) is 31. The normalized spacial score (nSPS) is 16.1. The summed E-state index contributed by atoms with van der Waals surface area (Å²) in [5.41, 5.74) is 34.6. The first-order valence-corrected chi connectivity index (χ1v) is 49.3.